The van der Waals surface area contributed by atoms with Crippen LogP contribution in [0, 0.1) is 5.82 Å². The zero-order valence-corrected chi connectivity index (χ0v) is 16.8. The first-order valence-corrected chi connectivity index (χ1v) is 8.58. The van der Waals surface area contributed by atoms with Gasteiger partial charge in [-0.3, -0.25) is 9.89 Å². The van der Waals surface area contributed by atoms with Crippen molar-refractivity contribution in [3.05, 3.63) is 30.1 Å². The fraction of sp³-hybridized carbons (Fsp3) is 0.588. The molecule has 0 spiro atoms. The molecule has 0 radical (unpaired) electrons. The quantitative estimate of drug-likeness (QED) is 0.414. The van der Waals surface area contributed by atoms with Crippen LogP contribution >= 0.6 is 24.0 Å². The normalized spacial score (nSPS) is 19.6. The van der Waals surface area contributed by atoms with E-state index in [1.54, 1.807) is 0 Å². The van der Waals surface area contributed by atoms with Gasteiger partial charge < -0.3 is 20.3 Å². The molecule has 0 aliphatic carbocycles. The summed E-state index contributed by atoms with van der Waals surface area (Å²) in [4.78, 5) is 11.2. The van der Waals surface area contributed by atoms with Crippen molar-refractivity contribution < 1.29 is 9.13 Å². The number of piperazine rings is 1. The number of halogens is 2. The van der Waals surface area contributed by atoms with Crippen LogP contribution in [0.3, 0.4) is 0 Å². The molecule has 2 aliphatic heterocycles. The Morgan fingerprint density at radius 3 is 2.32 bits per heavy atom. The SMILES string of the molecule is I.NC(=NCCN1CCOCC1)N1CCN(c2ccc(F)cc2)CC1. The summed E-state index contributed by atoms with van der Waals surface area (Å²) in [6, 6.07) is 6.65. The molecule has 0 aromatic heterocycles. The lowest BCUT2D eigenvalue weighted by Gasteiger charge is -2.36. The van der Waals surface area contributed by atoms with Gasteiger partial charge in [-0.15, -0.1) is 24.0 Å². The molecule has 0 bridgehead atoms. The summed E-state index contributed by atoms with van der Waals surface area (Å²) in [7, 11) is 0. The van der Waals surface area contributed by atoms with E-state index in [0.29, 0.717) is 5.96 Å². The standard InChI is InChI=1S/C17H26FN5O.HI/c18-15-1-3-16(4-2-15)22-7-9-23(10-8-22)17(19)20-5-6-21-11-13-24-14-12-21;/h1-4H,5-14H2,(H2,19,20);1H. The molecule has 8 heteroatoms. The average Bonchev–Trinajstić information content (AvgIpc) is 2.63. The van der Waals surface area contributed by atoms with E-state index in [4.69, 9.17) is 10.5 Å². The maximum atomic E-state index is 13.0. The molecule has 25 heavy (non-hydrogen) atoms. The van der Waals surface area contributed by atoms with Gasteiger partial charge in [-0.1, -0.05) is 0 Å². The Kier molecular flexibility index (Phi) is 8.17. The molecule has 2 saturated heterocycles. The minimum atomic E-state index is -0.200. The van der Waals surface area contributed by atoms with Gasteiger partial charge in [-0.2, -0.15) is 0 Å². The van der Waals surface area contributed by atoms with Crippen LogP contribution in [0.15, 0.2) is 29.3 Å². The molecular formula is C17H27FIN5O. The monoisotopic (exact) mass is 463 g/mol. The summed E-state index contributed by atoms with van der Waals surface area (Å²) in [6.07, 6.45) is 0. The fourth-order valence-corrected chi connectivity index (χ4v) is 3.08. The molecule has 6 nitrogen and oxygen atoms in total. The summed E-state index contributed by atoms with van der Waals surface area (Å²) >= 11 is 0. The second-order valence-corrected chi connectivity index (χ2v) is 6.14. The third-order valence-electron chi connectivity index (χ3n) is 4.59. The number of aliphatic imine (C=N–C) groups is 1. The largest absolute Gasteiger partial charge is 0.379 e. The first-order chi connectivity index (χ1) is 11.7. The lowest BCUT2D eigenvalue weighted by Crippen LogP contribution is -2.51. The van der Waals surface area contributed by atoms with Crippen LogP contribution < -0.4 is 10.6 Å². The van der Waals surface area contributed by atoms with E-state index in [9.17, 15) is 4.39 Å². The minimum Gasteiger partial charge on any atom is -0.379 e. The number of anilines is 1. The highest BCUT2D eigenvalue weighted by Crippen LogP contribution is 2.16. The Bertz CT molecular complexity index is 542. The summed E-state index contributed by atoms with van der Waals surface area (Å²) in [5.41, 5.74) is 7.19. The number of nitrogens with two attached hydrogens (primary N) is 1. The molecule has 2 heterocycles. The van der Waals surface area contributed by atoms with E-state index < -0.39 is 0 Å². The van der Waals surface area contributed by atoms with Gasteiger partial charge >= 0.3 is 0 Å². The number of guanidine groups is 1. The molecule has 2 fully saturated rings. The van der Waals surface area contributed by atoms with Crippen LogP contribution in [-0.4, -0.2) is 81.3 Å². The van der Waals surface area contributed by atoms with E-state index in [1.807, 2.05) is 12.1 Å². The van der Waals surface area contributed by atoms with Gasteiger partial charge in [0.1, 0.15) is 5.82 Å². The zero-order chi connectivity index (χ0) is 16.8. The molecule has 0 unspecified atom stereocenters. The van der Waals surface area contributed by atoms with Crippen molar-refractivity contribution in [1.82, 2.24) is 9.80 Å². The van der Waals surface area contributed by atoms with Crippen LogP contribution in [0.5, 0.6) is 0 Å². The van der Waals surface area contributed by atoms with Gasteiger partial charge in [-0.05, 0) is 24.3 Å². The predicted octanol–water partition coefficient (Wildman–Crippen LogP) is 1.21. The number of nitrogens with zero attached hydrogens (tertiary/aromatic N) is 4. The van der Waals surface area contributed by atoms with Crippen molar-refractivity contribution in [3.8, 4) is 0 Å². The summed E-state index contributed by atoms with van der Waals surface area (Å²) in [6.45, 7) is 8.64. The van der Waals surface area contributed by atoms with Crippen molar-refractivity contribution in [2.75, 3.05) is 70.5 Å². The highest BCUT2D eigenvalue weighted by Gasteiger charge is 2.18. The molecule has 0 saturated carbocycles. The molecule has 140 valence electrons. The number of hydrogen-bond acceptors (Lipinski definition) is 4. The Morgan fingerprint density at radius 2 is 1.68 bits per heavy atom. The summed E-state index contributed by atoms with van der Waals surface area (Å²) in [5, 5.41) is 0. The van der Waals surface area contributed by atoms with E-state index >= 15 is 0 Å². The molecule has 0 atom stereocenters. The molecule has 0 amide bonds. The van der Waals surface area contributed by atoms with Crippen LogP contribution in [0.25, 0.3) is 0 Å². The van der Waals surface area contributed by atoms with Crippen LogP contribution in [-0.2, 0) is 4.74 Å². The molecule has 1 aromatic carbocycles. The third kappa shape index (κ3) is 5.96. The Hall–Kier alpha value is -1.13. The summed E-state index contributed by atoms with van der Waals surface area (Å²) < 4.78 is 18.3. The Labute approximate surface area is 165 Å². The molecule has 2 N–H and O–H groups in total. The van der Waals surface area contributed by atoms with Crippen LogP contribution in [0.4, 0.5) is 10.1 Å². The van der Waals surface area contributed by atoms with Gasteiger partial charge in [0.2, 0.25) is 0 Å². The lowest BCUT2D eigenvalue weighted by atomic mass is 10.2. The summed E-state index contributed by atoms with van der Waals surface area (Å²) in [5.74, 6) is 0.427. The average molecular weight is 463 g/mol. The van der Waals surface area contributed by atoms with Gasteiger partial charge in [0.05, 0.1) is 19.8 Å². The molecule has 3 rings (SSSR count). The number of benzene rings is 1. The van der Waals surface area contributed by atoms with E-state index in [1.165, 1.54) is 12.1 Å². The Morgan fingerprint density at radius 1 is 1.04 bits per heavy atom. The number of hydrogen-bond donors (Lipinski definition) is 1. The second-order valence-electron chi connectivity index (χ2n) is 6.14. The van der Waals surface area contributed by atoms with Crippen LogP contribution in [0.2, 0.25) is 0 Å². The maximum Gasteiger partial charge on any atom is 0.191 e. The first-order valence-electron chi connectivity index (χ1n) is 8.58. The Balaban J connectivity index is 0.00000225. The number of morpholine rings is 1. The van der Waals surface area contributed by atoms with E-state index in [2.05, 4.69) is 19.7 Å². The third-order valence-corrected chi connectivity index (χ3v) is 4.59. The second kappa shape index (κ2) is 10.1. The van der Waals surface area contributed by atoms with Gasteiger partial charge in [0, 0.05) is 51.5 Å². The number of ether oxygens (including phenoxy) is 1. The van der Waals surface area contributed by atoms with Gasteiger partial charge in [0.25, 0.3) is 0 Å². The van der Waals surface area contributed by atoms with Crippen molar-refractivity contribution in [2.45, 2.75) is 0 Å². The lowest BCUT2D eigenvalue weighted by molar-refractivity contribution is 0.0394. The minimum absolute atomic E-state index is 0. The fourth-order valence-electron chi connectivity index (χ4n) is 3.08. The van der Waals surface area contributed by atoms with Crippen molar-refractivity contribution in [3.63, 3.8) is 0 Å². The predicted molar refractivity (Wildman–Crippen MR) is 109 cm³/mol. The van der Waals surface area contributed by atoms with Gasteiger partial charge in [0.15, 0.2) is 5.96 Å². The van der Waals surface area contributed by atoms with Crippen molar-refractivity contribution >= 4 is 35.6 Å². The van der Waals surface area contributed by atoms with E-state index in [-0.39, 0.29) is 29.8 Å². The molecule has 1 aromatic rings. The van der Waals surface area contributed by atoms with Crippen molar-refractivity contribution in [1.29, 1.82) is 0 Å². The smallest absolute Gasteiger partial charge is 0.191 e. The molecular weight excluding hydrogens is 436 g/mol. The van der Waals surface area contributed by atoms with Crippen molar-refractivity contribution in [2.24, 2.45) is 10.7 Å². The zero-order valence-electron chi connectivity index (χ0n) is 14.4. The topological polar surface area (TPSA) is 57.3 Å². The van der Waals surface area contributed by atoms with Gasteiger partial charge in [-0.25, -0.2) is 4.39 Å². The maximum absolute atomic E-state index is 13.0. The number of rotatable bonds is 4. The first kappa shape index (κ1) is 20.2. The highest BCUT2D eigenvalue weighted by atomic mass is 127. The van der Waals surface area contributed by atoms with Crippen LogP contribution in [0.1, 0.15) is 0 Å². The molecule has 2 aliphatic rings. The van der Waals surface area contributed by atoms with E-state index in [0.717, 1.165) is 71.3 Å². The highest BCUT2D eigenvalue weighted by molar-refractivity contribution is 14.0.